The first kappa shape index (κ1) is 33.2. The van der Waals surface area contributed by atoms with E-state index in [9.17, 15) is 0 Å². The van der Waals surface area contributed by atoms with Gasteiger partial charge in [0.05, 0.1) is 8.80 Å². The summed E-state index contributed by atoms with van der Waals surface area (Å²) in [6.07, 6.45) is 14.1. The minimum absolute atomic E-state index is 0. The molecule has 2 atom stereocenters. The van der Waals surface area contributed by atoms with Crippen LogP contribution in [0, 0.1) is 50.0 Å². The fraction of sp³-hybridized carbons (Fsp3) is 0.400. The van der Waals surface area contributed by atoms with Crippen molar-refractivity contribution in [1.82, 2.24) is 0 Å². The van der Waals surface area contributed by atoms with Crippen molar-refractivity contribution >= 4 is 19.2 Å². The maximum Gasteiger partial charge on any atom is 4.00 e. The molecule has 0 N–H and O–H groups in total. The van der Waals surface area contributed by atoms with Crippen LogP contribution in [0.2, 0.25) is 5.04 Å². The van der Waals surface area contributed by atoms with E-state index >= 15 is 0 Å². The van der Waals surface area contributed by atoms with E-state index in [0.29, 0.717) is 0 Å². The fourth-order valence-electron chi connectivity index (χ4n) is 5.19. The molecule has 0 bridgehead atoms. The summed E-state index contributed by atoms with van der Waals surface area (Å²) >= 11 is 0. The molecule has 2 aromatic carbocycles. The van der Waals surface area contributed by atoms with Gasteiger partial charge in [0.15, 0.2) is 0 Å². The van der Waals surface area contributed by atoms with Crippen molar-refractivity contribution < 1.29 is 21.7 Å². The van der Waals surface area contributed by atoms with Gasteiger partial charge in [-0.2, -0.15) is 27.4 Å². The minimum atomic E-state index is -1.48. The van der Waals surface area contributed by atoms with Gasteiger partial charge in [-0.25, -0.2) is 0 Å². The molecule has 0 aliphatic heterocycles. The van der Waals surface area contributed by atoms with Crippen LogP contribution in [0.25, 0.3) is 0 Å². The fourth-order valence-corrected chi connectivity index (χ4v) is 9.91. The second-order valence-electron chi connectivity index (χ2n) is 8.71. The summed E-state index contributed by atoms with van der Waals surface area (Å²) in [6.45, 7) is 16.4. The monoisotopic (exact) mass is 482 g/mol. The van der Waals surface area contributed by atoms with Crippen LogP contribution in [-0.4, -0.2) is 8.80 Å². The molecule has 174 valence electrons. The van der Waals surface area contributed by atoms with E-state index in [1.54, 1.807) is 21.5 Å². The van der Waals surface area contributed by atoms with Gasteiger partial charge in [0.25, 0.3) is 0 Å². The van der Waals surface area contributed by atoms with Gasteiger partial charge in [-0.1, -0.05) is 96.2 Å². The Kier molecular flexibility index (Phi) is 14.1. The molecule has 1 aliphatic carbocycles. The number of benzene rings is 1. The Hall–Kier alpha value is -1.02. The number of aryl methyl sites for hydroxylation is 2. The van der Waals surface area contributed by atoms with Crippen LogP contribution in [0.15, 0.2) is 42.5 Å². The van der Waals surface area contributed by atoms with Crippen molar-refractivity contribution in [1.29, 1.82) is 0 Å². The van der Waals surface area contributed by atoms with Crippen LogP contribution >= 0.6 is 0 Å². The SMILES string of the molecule is CCc1cc(CC)cc([SiH]([c-]2c(C)c(C)c(C)c2C)C2(CC)C=CC=CC2)c1.[CH3-].[CH3-].[CH3-].[Ti+4]. The third kappa shape index (κ3) is 5.91. The number of allylic oxidation sites excluding steroid dienone is 4. The molecule has 2 unspecified atom stereocenters. The van der Waals surface area contributed by atoms with Gasteiger partial charge < -0.3 is 22.3 Å². The van der Waals surface area contributed by atoms with E-state index in [0.717, 1.165) is 12.8 Å². The molecule has 0 radical (unpaired) electrons. The van der Waals surface area contributed by atoms with E-state index in [1.807, 2.05) is 0 Å². The predicted octanol–water partition coefficient (Wildman–Crippen LogP) is 7.12. The molecule has 2 aromatic rings. The summed E-state index contributed by atoms with van der Waals surface area (Å²) in [5, 5.41) is 3.65. The third-order valence-corrected chi connectivity index (χ3v) is 11.8. The van der Waals surface area contributed by atoms with Crippen molar-refractivity contribution in [3.8, 4) is 0 Å². The van der Waals surface area contributed by atoms with Crippen molar-refractivity contribution in [2.75, 3.05) is 0 Å². The Balaban J connectivity index is 0. The third-order valence-electron chi connectivity index (χ3n) is 7.42. The largest absolute Gasteiger partial charge is 4.00 e. The second-order valence-corrected chi connectivity index (χ2v) is 12.0. The van der Waals surface area contributed by atoms with E-state index in [1.165, 1.54) is 35.1 Å². The molecule has 0 spiro atoms. The summed E-state index contributed by atoms with van der Waals surface area (Å²) in [7, 11) is -1.48. The molecule has 0 aromatic heterocycles. The first-order valence-electron chi connectivity index (χ1n) is 11.1. The van der Waals surface area contributed by atoms with Crippen molar-refractivity contribution in [2.24, 2.45) is 0 Å². The number of rotatable bonds is 6. The van der Waals surface area contributed by atoms with Gasteiger partial charge in [0, 0.05) is 0 Å². The Labute approximate surface area is 217 Å². The zero-order valence-corrected chi connectivity index (χ0v) is 25.2. The number of hydrogen-bond acceptors (Lipinski definition) is 0. The van der Waals surface area contributed by atoms with Crippen molar-refractivity contribution in [3.63, 3.8) is 0 Å². The first-order valence-corrected chi connectivity index (χ1v) is 12.8. The van der Waals surface area contributed by atoms with Gasteiger partial charge in [-0.05, 0) is 41.8 Å². The standard InChI is InChI=1S/C27H37Si.3CH3.Ti/c1-8-23-16-24(9-2)18-25(17-23)28(27(10-3)14-12-11-13-15-27)26-21(6)19(4)20(5)22(26)7;;;;/h11-14,16-18,28H,8-10,15H2,1-7H3;3*1H3;/q4*-1;+4. The summed E-state index contributed by atoms with van der Waals surface area (Å²) in [5.74, 6) is 0. The topological polar surface area (TPSA) is 0 Å². The summed E-state index contributed by atoms with van der Waals surface area (Å²) in [5.41, 5.74) is 9.14. The van der Waals surface area contributed by atoms with Gasteiger partial charge in [0.1, 0.15) is 0 Å². The molecule has 2 heteroatoms. The van der Waals surface area contributed by atoms with Gasteiger partial charge in [0.2, 0.25) is 0 Å². The summed E-state index contributed by atoms with van der Waals surface area (Å²) < 4.78 is 0. The Bertz CT molecular complexity index is 868. The van der Waals surface area contributed by atoms with Crippen LogP contribution in [0.1, 0.15) is 67.0 Å². The van der Waals surface area contributed by atoms with Gasteiger partial charge >= 0.3 is 21.7 Å². The molecule has 0 amide bonds. The summed E-state index contributed by atoms with van der Waals surface area (Å²) in [4.78, 5) is 0. The van der Waals surface area contributed by atoms with E-state index in [-0.39, 0.29) is 49.0 Å². The molecular formula is C30H46SiTi. The molecule has 3 rings (SSSR count). The average molecular weight is 483 g/mol. The predicted molar refractivity (Wildman–Crippen MR) is 148 cm³/mol. The van der Waals surface area contributed by atoms with Crippen LogP contribution in [0.4, 0.5) is 0 Å². The van der Waals surface area contributed by atoms with E-state index in [2.05, 4.69) is 91.0 Å². The maximum absolute atomic E-state index is 2.56. The van der Waals surface area contributed by atoms with E-state index < -0.39 is 8.80 Å². The van der Waals surface area contributed by atoms with Crippen LogP contribution in [0.5, 0.6) is 0 Å². The van der Waals surface area contributed by atoms with Crippen molar-refractivity contribution in [2.45, 2.75) is 79.2 Å². The summed E-state index contributed by atoms with van der Waals surface area (Å²) in [6, 6.07) is 7.53. The van der Waals surface area contributed by atoms with Crippen molar-refractivity contribution in [3.05, 3.63) is 98.2 Å². The Morgan fingerprint density at radius 3 is 1.69 bits per heavy atom. The zero-order valence-electron chi connectivity index (χ0n) is 22.4. The smallest absolute Gasteiger partial charge is 0.358 e. The zero-order chi connectivity index (χ0) is 20.5. The molecule has 32 heavy (non-hydrogen) atoms. The molecule has 0 saturated carbocycles. The average Bonchev–Trinajstić information content (AvgIpc) is 2.92. The Morgan fingerprint density at radius 1 is 0.812 bits per heavy atom. The molecule has 0 heterocycles. The van der Waals surface area contributed by atoms with Crippen LogP contribution < -0.4 is 10.4 Å². The molecule has 1 aliphatic rings. The first-order chi connectivity index (χ1) is 13.4. The quantitative estimate of drug-likeness (QED) is 0.304. The van der Waals surface area contributed by atoms with Crippen LogP contribution in [0.3, 0.4) is 0 Å². The normalized spacial score (nSPS) is 17.5. The Morgan fingerprint density at radius 2 is 1.31 bits per heavy atom. The number of hydrogen-bond donors (Lipinski definition) is 0. The second kappa shape index (κ2) is 13.6. The molecule has 0 saturated heterocycles. The maximum atomic E-state index is 2.56. The molecule has 0 nitrogen and oxygen atoms in total. The van der Waals surface area contributed by atoms with Crippen LogP contribution in [-0.2, 0) is 34.6 Å². The molecule has 0 fully saturated rings. The van der Waals surface area contributed by atoms with E-state index in [4.69, 9.17) is 0 Å². The molecular weight excluding hydrogens is 436 g/mol. The minimum Gasteiger partial charge on any atom is -0.358 e. The van der Waals surface area contributed by atoms with Gasteiger partial charge in [-0.15, -0.1) is 0 Å². The van der Waals surface area contributed by atoms with Gasteiger partial charge in [-0.3, -0.25) is 0 Å².